The van der Waals surface area contributed by atoms with Crippen molar-refractivity contribution in [3.05, 3.63) is 75.8 Å². The van der Waals surface area contributed by atoms with Crippen LogP contribution in [0, 0.1) is 6.92 Å². The lowest BCUT2D eigenvalue weighted by atomic mass is 10.0. The first kappa shape index (κ1) is 14.3. The standard InChI is InChI=1S/C17H15BrN2S/c1-11-2-4-12(5-3-11)15-10-16(20-17(21)19-15)13-6-8-14(18)9-7-13/h2-10,15H,1H3,(H2,19,20,21)/t15-/m0/s1. The molecule has 0 fully saturated rings. The Kier molecular flexibility index (Phi) is 4.08. The summed E-state index contributed by atoms with van der Waals surface area (Å²) in [7, 11) is 0. The summed E-state index contributed by atoms with van der Waals surface area (Å²) in [5.41, 5.74) is 4.63. The van der Waals surface area contributed by atoms with Gasteiger partial charge in [0.25, 0.3) is 0 Å². The zero-order valence-electron chi connectivity index (χ0n) is 11.6. The van der Waals surface area contributed by atoms with Gasteiger partial charge in [-0.3, -0.25) is 0 Å². The van der Waals surface area contributed by atoms with Crippen molar-refractivity contribution in [1.82, 2.24) is 10.6 Å². The van der Waals surface area contributed by atoms with Crippen LogP contribution in [0.3, 0.4) is 0 Å². The van der Waals surface area contributed by atoms with Crippen LogP contribution >= 0.6 is 28.1 Å². The van der Waals surface area contributed by atoms with E-state index >= 15 is 0 Å². The number of halogens is 1. The Hall–Kier alpha value is -1.65. The zero-order chi connectivity index (χ0) is 14.8. The molecular formula is C17H15BrN2S. The Morgan fingerprint density at radius 3 is 2.33 bits per heavy atom. The van der Waals surface area contributed by atoms with Gasteiger partial charge in [0.2, 0.25) is 0 Å². The number of aryl methyl sites for hydroxylation is 1. The van der Waals surface area contributed by atoms with Crippen LogP contribution < -0.4 is 10.6 Å². The Morgan fingerprint density at radius 2 is 1.67 bits per heavy atom. The molecule has 0 saturated heterocycles. The summed E-state index contributed by atoms with van der Waals surface area (Å²) >= 11 is 8.80. The summed E-state index contributed by atoms with van der Waals surface area (Å²) < 4.78 is 1.07. The number of nitrogens with one attached hydrogen (secondary N) is 2. The molecular weight excluding hydrogens is 344 g/mol. The summed E-state index contributed by atoms with van der Waals surface area (Å²) in [5.74, 6) is 0. The third kappa shape index (κ3) is 3.34. The Bertz CT molecular complexity index is 690. The van der Waals surface area contributed by atoms with Crippen LogP contribution in [0.2, 0.25) is 0 Å². The number of benzene rings is 2. The van der Waals surface area contributed by atoms with E-state index in [1.54, 1.807) is 0 Å². The molecule has 106 valence electrons. The van der Waals surface area contributed by atoms with Gasteiger partial charge in [-0.1, -0.05) is 57.9 Å². The van der Waals surface area contributed by atoms with E-state index in [1.807, 2.05) is 12.1 Å². The minimum atomic E-state index is 0.0954. The number of hydrogen-bond donors (Lipinski definition) is 2. The van der Waals surface area contributed by atoms with E-state index in [2.05, 4.69) is 76.0 Å². The molecule has 1 atom stereocenters. The van der Waals surface area contributed by atoms with Gasteiger partial charge in [0.15, 0.2) is 5.11 Å². The molecule has 0 saturated carbocycles. The van der Waals surface area contributed by atoms with Gasteiger partial charge in [0.1, 0.15) is 0 Å². The zero-order valence-corrected chi connectivity index (χ0v) is 14.0. The second-order valence-electron chi connectivity index (χ2n) is 5.07. The van der Waals surface area contributed by atoms with Gasteiger partial charge in [-0.25, -0.2) is 0 Å². The van der Waals surface area contributed by atoms with Gasteiger partial charge in [-0.15, -0.1) is 0 Å². The largest absolute Gasteiger partial charge is 0.352 e. The first-order valence-electron chi connectivity index (χ1n) is 6.74. The molecule has 2 N–H and O–H groups in total. The number of rotatable bonds is 2. The van der Waals surface area contributed by atoms with Gasteiger partial charge < -0.3 is 10.6 Å². The molecule has 1 heterocycles. The van der Waals surface area contributed by atoms with Gasteiger partial charge in [-0.2, -0.15) is 0 Å². The lowest BCUT2D eigenvalue weighted by Gasteiger charge is -2.26. The molecule has 21 heavy (non-hydrogen) atoms. The second kappa shape index (κ2) is 6.00. The molecule has 0 radical (unpaired) electrons. The Balaban J connectivity index is 1.95. The van der Waals surface area contributed by atoms with Gasteiger partial charge in [0.05, 0.1) is 6.04 Å². The molecule has 1 aliphatic heterocycles. The predicted molar refractivity (Wildman–Crippen MR) is 94.9 cm³/mol. The molecule has 1 aliphatic rings. The van der Waals surface area contributed by atoms with Crippen molar-refractivity contribution in [1.29, 1.82) is 0 Å². The van der Waals surface area contributed by atoms with E-state index in [1.165, 1.54) is 11.1 Å². The van der Waals surface area contributed by atoms with Crippen molar-refractivity contribution in [2.24, 2.45) is 0 Å². The number of hydrogen-bond acceptors (Lipinski definition) is 1. The maximum absolute atomic E-state index is 5.34. The minimum absolute atomic E-state index is 0.0954. The highest BCUT2D eigenvalue weighted by Crippen LogP contribution is 2.24. The summed E-state index contributed by atoms with van der Waals surface area (Å²) in [4.78, 5) is 0. The fourth-order valence-electron chi connectivity index (χ4n) is 2.30. The van der Waals surface area contributed by atoms with E-state index in [0.717, 1.165) is 15.7 Å². The van der Waals surface area contributed by atoms with E-state index in [9.17, 15) is 0 Å². The van der Waals surface area contributed by atoms with Crippen molar-refractivity contribution in [3.63, 3.8) is 0 Å². The molecule has 2 nitrogen and oxygen atoms in total. The minimum Gasteiger partial charge on any atom is -0.352 e. The van der Waals surface area contributed by atoms with Crippen molar-refractivity contribution in [2.75, 3.05) is 0 Å². The van der Waals surface area contributed by atoms with E-state index in [0.29, 0.717) is 5.11 Å². The SMILES string of the molecule is Cc1ccc([C@@H]2C=C(c3ccc(Br)cc3)NC(=S)N2)cc1. The second-order valence-corrected chi connectivity index (χ2v) is 6.40. The lowest BCUT2D eigenvalue weighted by Crippen LogP contribution is -2.40. The average Bonchev–Trinajstić information content (AvgIpc) is 2.48. The average molecular weight is 359 g/mol. The fraction of sp³-hybridized carbons (Fsp3) is 0.118. The highest BCUT2D eigenvalue weighted by Gasteiger charge is 2.18. The quantitative estimate of drug-likeness (QED) is 0.781. The van der Waals surface area contributed by atoms with Crippen LogP contribution in [0.5, 0.6) is 0 Å². The van der Waals surface area contributed by atoms with E-state index in [-0.39, 0.29) is 6.04 Å². The van der Waals surface area contributed by atoms with Crippen LogP contribution in [0.15, 0.2) is 59.1 Å². The van der Waals surface area contributed by atoms with Crippen LogP contribution in [-0.4, -0.2) is 5.11 Å². The van der Waals surface area contributed by atoms with Crippen LogP contribution in [0.4, 0.5) is 0 Å². The van der Waals surface area contributed by atoms with E-state index in [4.69, 9.17) is 12.2 Å². The molecule has 0 bridgehead atoms. The highest BCUT2D eigenvalue weighted by molar-refractivity contribution is 9.10. The maximum Gasteiger partial charge on any atom is 0.171 e. The predicted octanol–water partition coefficient (Wildman–Crippen LogP) is 4.32. The maximum atomic E-state index is 5.34. The molecule has 0 aromatic heterocycles. The van der Waals surface area contributed by atoms with Crippen LogP contribution in [0.1, 0.15) is 22.7 Å². The third-order valence-electron chi connectivity index (χ3n) is 3.46. The topological polar surface area (TPSA) is 24.1 Å². The lowest BCUT2D eigenvalue weighted by molar-refractivity contribution is 0.765. The summed E-state index contributed by atoms with van der Waals surface area (Å²) in [6, 6.07) is 16.8. The smallest absolute Gasteiger partial charge is 0.171 e. The van der Waals surface area contributed by atoms with Gasteiger partial charge in [-0.05, 0) is 48.5 Å². The van der Waals surface area contributed by atoms with E-state index < -0.39 is 0 Å². The molecule has 0 spiro atoms. The van der Waals surface area contributed by atoms with Crippen LogP contribution in [0.25, 0.3) is 5.70 Å². The molecule has 0 aliphatic carbocycles. The van der Waals surface area contributed by atoms with Crippen molar-refractivity contribution in [2.45, 2.75) is 13.0 Å². The Morgan fingerprint density at radius 1 is 1.00 bits per heavy atom. The van der Waals surface area contributed by atoms with Crippen molar-refractivity contribution < 1.29 is 0 Å². The summed E-state index contributed by atoms with van der Waals surface area (Å²) in [6.45, 7) is 2.09. The van der Waals surface area contributed by atoms with Crippen LogP contribution in [-0.2, 0) is 0 Å². The molecule has 0 amide bonds. The van der Waals surface area contributed by atoms with Gasteiger partial charge >= 0.3 is 0 Å². The molecule has 4 heteroatoms. The normalized spacial score (nSPS) is 17.7. The third-order valence-corrected chi connectivity index (χ3v) is 4.21. The first-order valence-corrected chi connectivity index (χ1v) is 7.94. The summed E-state index contributed by atoms with van der Waals surface area (Å²) in [6.07, 6.45) is 2.17. The number of thiocarbonyl (C=S) groups is 1. The van der Waals surface area contributed by atoms with Crippen molar-refractivity contribution in [3.8, 4) is 0 Å². The summed E-state index contributed by atoms with van der Waals surface area (Å²) in [5, 5.41) is 7.18. The molecule has 2 aromatic rings. The Labute approximate surface area is 138 Å². The first-order chi connectivity index (χ1) is 10.1. The molecule has 2 aromatic carbocycles. The highest BCUT2D eigenvalue weighted by atomic mass is 79.9. The van der Waals surface area contributed by atoms with Crippen molar-refractivity contribution >= 4 is 39.0 Å². The van der Waals surface area contributed by atoms with Gasteiger partial charge in [0, 0.05) is 10.2 Å². The fourth-order valence-corrected chi connectivity index (χ4v) is 2.80. The molecule has 3 rings (SSSR count). The monoisotopic (exact) mass is 358 g/mol. The molecule has 0 unspecified atom stereocenters.